The Morgan fingerprint density at radius 2 is 2.00 bits per heavy atom. The molecule has 0 bridgehead atoms. The van der Waals surface area contributed by atoms with Crippen LogP contribution >= 0.6 is 11.3 Å². The van der Waals surface area contributed by atoms with E-state index in [0.717, 1.165) is 10.5 Å². The van der Waals surface area contributed by atoms with Gasteiger partial charge in [0.15, 0.2) is 0 Å². The molecule has 1 saturated heterocycles. The maximum Gasteiger partial charge on any atom is 0.491 e. The summed E-state index contributed by atoms with van der Waals surface area (Å²) >= 11 is 1.57. The highest BCUT2D eigenvalue weighted by molar-refractivity contribution is 7.10. The predicted molar refractivity (Wildman–Crippen MR) is 75.2 cm³/mol. The van der Waals surface area contributed by atoms with Crippen molar-refractivity contribution in [2.45, 2.75) is 38.9 Å². The van der Waals surface area contributed by atoms with Crippen molar-refractivity contribution in [1.29, 1.82) is 0 Å². The van der Waals surface area contributed by atoms with Crippen LogP contribution in [-0.4, -0.2) is 29.8 Å². The molecule has 0 spiro atoms. The van der Waals surface area contributed by atoms with Crippen molar-refractivity contribution in [1.82, 2.24) is 4.98 Å². The molecule has 1 aliphatic heterocycles. The molecule has 0 saturated carbocycles. The average Bonchev–Trinajstić information content (AvgIpc) is 2.82. The molecule has 1 aliphatic rings. The molecular formula is C12H19BN2O2S. The van der Waals surface area contributed by atoms with Crippen LogP contribution < -0.4 is 5.73 Å². The van der Waals surface area contributed by atoms with Crippen LogP contribution in [0, 0.1) is 0 Å². The van der Waals surface area contributed by atoms with Gasteiger partial charge in [0.25, 0.3) is 0 Å². The van der Waals surface area contributed by atoms with Gasteiger partial charge in [0.2, 0.25) is 0 Å². The molecule has 1 aromatic heterocycles. The summed E-state index contributed by atoms with van der Waals surface area (Å²) in [5.41, 5.74) is 6.04. The topological polar surface area (TPSA) is 57.4 Å². The molecule has 1 aromatic rings. The molecule has 0 radical (unpaired) electrons. The fourth-order valence-corrected chi connectivity index (χ4v) is 2.28. The lowest BCUT2D eigenvalue weighted by Crippen LogP contribution is -2.41. The highest BCUT2D eigenvalue weighted by atomic mass is 32.1. The molecule has 4 nitrogen and oxygen atoms in total. The molecule has 98 valence electrons. The van der Waals surface area contributed by atoms with Crippen molar-refractivity contribution in [2.24, 2.45) is 5.73 Å². The minimum atomic E-state index is -0.385. The molecule has 0 aliphatic carbocycles. The van der Waals surface area contributed by atoms with Gasteiger partial charge in [-0.25, -0.2) is 4.98 Å². The minimum Gasteiger partial charge on any atom is -0.400 e. The Hall–Kier alpha value is -0.685. The predicted octanol–water partition coefficient (Wildman–Crippen LogP) is 2.12. The lowest BCUT2D eigenvalue weighted by Gasteiger charge is -2.32. The summed E-state index contributed by atoms with van der Waals surface area (Å²) in [5, 5.41) is 2.86. The Morgan fingerprint density at radius 3 is 2.44 bits per heavy atom. The minimum absolute atomic E-state index is 0.338. The van der Waals surface area contributed by atoms with Crippen molar-refractivity contribution in [2.75, 3.05) is 6.54 Å². The van der Waals surface area contributed by atoms with Crippen LogP contribution in [0.2, 0.25) is 0 Å². The molecular weight excluding hydrogens is 247 g/mol. The molecule has 2 heterocycles. The highest BCUT2D eigenvalue weighted by Crippen LogP contribution is 2.38. The maximum atomic E-state index is 5.97. The first-order chi connectivity index (χ1) is 8.36. The van der Waals surface area contributed by atoms with Crippen molar-refractivity contribution in [3.05, 3.63) is 22.1 Å². The molecule has 18 heavy (non-hydrogen) atoms. The van der Waals surface area contributed by atoms with E-state index in [1.54, 1.807) is 17.5 Å². The molecule has 0 aromatic carbocycles. The summed E-state index contributed by atoms with van der Waals surface area (Å²) < 4.78 is 11.9. The van der Waals surface area contributed by atoms with Gasteiger partial charge >= 0.3 is 7.12 Å². The van der Waals surface area contributed by atoms with E-state index >= 15 is 0 Å². The molecule has 2 rings (SSSR count). The zero-order chi connectivity index (χ0) is 13.4. The molecule has 0 unspecified atom stereocenters. The normalized spacial score (nSPS) is 22.5. The lowest BCUT2D eigenvalue weighted by atomic mass is 9.78. The summed E-state index contributed by atoms with van der Waals surface area (Å²) in [5.74, 6) is 0. The second-order valence-electron chi connectivity index (χ2n) is 5.38. The van der Waals surface area contributed by atoms with Gasteiger partial charge in [-0.2, -0.15) is 0 Å². The Balaban J connectivity index is 2.22. The van der Waals surface area contributed by atoms with Gasteiger partial charge in [0, 0.05) is 18.1 Å². The van der Waals surface area contributed by atoms with E-state index in [0.29, 0.717) is 6.54 Å². The third-order valence-corrected chi connectivity index (χ3v) is 4.27. The van der Waals surface area contributed by atoms with Gasteiger partial charge in [-0.1, -0.05) is 0 Å². The smallest absolute Gasteiger partial charge is 0.400 e. The van der Waals surface area contributed by atoms with E-state index in [9.17, 15) is 0 Å². The summed E-state index contributed by atoms with van der Waals surface area (Å²) in [6, 6.07) is 0. The average molecular weight is 266 g/mol. The number of nitrogens with two attached hydrogens (primary N) is 1. The maximum absolute atomic E-state index is 5.97. The zero-order valence-corrected chi connectivity index (χ0v) is 12.1. The van der Waals surface area contributed by atoms with Gasteiger partial charge in [-0.15, -0.1) is 11.3 Å². The zero-order valence-electron chi connectivity index (χ0n) is 11.3. The van der Waals surface area contributed by atoms with Crippen molar-refractivity contribution in [3.63, 3.8) is 0 Å². The van der Waals surface area contributed by atoms with Crippen LogP contribution in [0.25, 0.3) is 6.08 Å². The first-order valence-electron chi connectivity index (χ1n) is 6.01. The molecule has 0 atom stereocenters. The second kappa shape index (κ2) is 4.77. The quantitative estimate of drug-likeness (QED) is 0.851. The van der Waals surface area contributed by atoms with Crippen LogP contribution in [0.15, 0.2) is 17.0 Å². The SMILES string of the molecule is CC1(C)OB(C(=Cc2nccs2)CN)OC1(C)C. The molecule has 0 amide bonds. The molecule has 2 N–H and O–H groups in total. The van der Waals surface area contributed by atoms with E-state index in [1.807, 2.05) is 39.2 Å². The summed E-state index contributed by atoms with van der Waals surface area (Å²) in [7, 11) is -0.385. The number of hydrogen-bond acceptors (Lipinski definition) is 5. The number of thiazole rings is 1. The molecule has 1 fully saturated rings. The Labute approximate surface area is 112 Å². The third kappa shape index (κ3) is 2.52. The van der Waals surface area contributed by atoms with E-state index in [2.05, 4.69) is 4.98 Å². The Bertz CT molecular complexity index is 427. The van der Waals surface area contributed by atoms with Crippen molar-refractivity contribution >= 4 is 24.5 Å². The monoisotopic (exact) mass is 266 g/mol. The largest absolute Gasteiger partial charge is 0.491 e. The number of rotatable bonds is 3. The van der Waals surface area contributed by atoms with Gasteiger partial charge < -0.3 is 15.0 Å². The van der Waals surface area contributed by atoms with Gasteiger partial charge in [-0.3, -0.25) is 0 Å². The number of nitrogens with zero attached hydrogens (tertiary/aromatic N) is 1. The Morgan fingerprint density at radius 1 is 1.39 bits per heavy atom. The van der Waals surface area contributed by atoms with Gasteiger partial charge in [-0.05, 0) is 39.2 Å². The van der Waals surface area contributed by atoms with Crippen LogP contribution in [-0.2, 0) is 9.31 Å². The third-order valence-electron chi connectivity index (χ3n) is 3.55. The van der Waals surface area contributed by atoms with E-state index in [1.165, 1.54) is 0 Å². The summed E-state index contributed by atoms with van der Waals surface area (Å²) in [6.45, 7) is 8.53. The first kappa shape index (κ1) is 13.7. The number of hydrogen-bond donors (Lipinski definition) is 1. The van der Waals surface area contributed by atoms with E-state index in [-0.39, 0.29) is 18.3 Å². The summed E-state index contributed by atoms with van der Waals surface area (Å²) in [4.78, 5) is 4.22. The standard InChI is InChI=1S/C12H19BN2O2S/c1-11(2)12(3,4)17-13(16-11)9(8-14)7-10-15-5-6-18-10/h5-7H,8,14H2,1-4H3. The fourth-order valence-electron chi connectivity index (χ4n) is 1.68. The fraction of sp³-hybridized carbons (Fsp3) is 0.583. The van der Waals surface area contributed by atoms with Gasteiger partial charge in [0.05, 0.1) is 11.2 Å². The lowest BCUT2D eigenvalue weighted by molar-refractivity contribution is 0.00578. The van der Waals surface area contributed by atoms with Crippen LogP contribution in [0.5, 0.6) is 0 Å². The first-order valence-corrected chi connectivity index (χ1v) is 6.89. The van der Waals surface area contributed by atoms with E-state index in [4.69, 9.17) is 15.0 Å². The molecule has 6 heteroatoms. The number of aromatic nitrogens is 1. The highest BCUT2D eigenvalue weighted by Gasteiger charge is 2.52. The van der Waals surface area contributed by atoms with Crippen molar-refractivity contribution < 1.29 is 9.31 Å². The summed E-state index contributed by atoms with van der Waals surface area (Å²) in [6.07, 6.45) is 3.72. The second-order valence-corrected chi connectivity index (χ2v) is 6.31. The Kier molecular flexibility index (Phi) is 3.64. The van der Waals surface area contributed by atoms with Gasteiger partial charge in [0.1, 0.15) is 5.01 Å². The van der Waals surface area contributed by atoms with Crippen LogP contribution in [0.4, 0.5) is 0 Å². The van der Waals surface area contributed by atoms with E-state index < -0.39 is 0 Å². The van der Waals surface area contributed by atoms with Crippen LogP contribution in [0.1, 0.15) is 32.7 Å². The van der Waals surface area contributed by atoms with Crippen LogP contribution in [0.3, 0.4) is 0 Å². The van der Waals surface area contributed by atoms with Crippen molar-refractivity contribution in [3.8, 4) is 0 Å².